The third-order valence-electron chi connectivity index (χ3n) is 3.44. The Kier molecular flexibility index (Phi) is 3.42. The molecule has 4 heteroatoms. The lowest BCUT2D eigenvalue weighted by Crippen LogP contribution is -2.39. The maximum atomic E-state index is 5.90. The Morgan fingerprint density at radius 3 is 2.74 bits per heavy atom. The third-order valence-corrected chi connectivity index (χ3v) is 3.44. The molecule has 0 radical (unpaired) electrons. The monoisotopic (exact) mass is 255 g/mol. The molecule has 1 aliphatic heterocycles. The summed E-state index contributed by atoms with van der Waals surface area (Å²) in [6.45, 7) is 4.47. The number of aryl methyl sites for hydroxylation is 1. The minimum absolute atomic E-state index is 0.0961. The number of morpholine rings is 1. The van der Waals surface area contributed by atoms with Crippen LogP contribution in [0.5, 0.6) is 0 Å². The quantitative estimate of drug-likeness (QED) is 0.825. The van der Waals surface area contributed by atoms with Gasteiger partial charge in [-0.25, -0.2) is 9.97 Å². The Morgan fingerprint density at radius 2 is 1.95 bits per heavy atom. The number of hydrogen-bond acceptors (Lipinski definition) is 4. The summed E-state index contributed by atoms with van der Waals surface area (Å²) in [6, 6.07) is 10.2. The molecule has 0 amide bonds. The Morgan fingerprint density at radius 1 is 1.16 bits per heavy atom. The summed E-state index contributed by atoms with van der Waals surface area (Å²) in [6.07, 6.45) is 3.65. The van der Waals surface area contributed by atoms with Crippen molar-refractivity contribution in [2.24, 2.45) is 0 Å². The zero-order valence-electron chi connectivity index (χ0n) is 11.0. The van der Waals surface area contributed by atoms with E-state index in [0.29, 0.717) is 6.61 Å². The van der Waals surface area contributed by atoms with Gasteiger partial charge in [0.25, 0.3) is 0 Å². The molecule has 98 valence electrons. The van der Waals surface area contributed by atoms with E-state index in [1.54, 1.807) is 12.4 Å². The largest absolute Gasteiger partial charge is 0.370 e. The molecule has 3 rings (SSSR count). The van der Waals surface area contributed by atoms with E-state index in [9.17, 15) is 0 Å². The SMILES string of the molecule is Cc1ccccc1C1CN(c2ncccn2)CCO1. The fourth-order valence-electron chi connectivity index (χ4n) is 2.42. The van der Waals surface area contributed by atoms with Crippen LogP contribution in [-0.2, 0) is 4.74 Å². The molecule has 4 nitrogen and oxygen atoms in total. The first-order valence-corrected chi connectivity index (χ1v) is 6.53. The summed E-state index contributed by atoms with van der Waals surface area (Å²) < 4.78 is 5.90. The van der Waals surface area contributed by atoms with E-state index >= 15 is 0 Å². The van der Waals surface area contributed by atoms with Gasteiger partial charge in [0.2, 0.25) is 5.95 Å². The average molecular weight is 255 g/mol. The predicted molar refractivity (Wildman–Crippen MR) is 74.1 cm³/mol. The zero-order chi connectivity index (χ0) is 13.1. The first-order chi connectivity index (χ1) is 9.34. The van der Waals surface area contributed by atoms with Crippen molar-refractivity contribution in [1.82, 2.24) is 9.97 Å². The summed E-state index contributed by atoms with van der Waals surface area (Å²) >= 11 is 0. The molecule has 2 aromatic rings. The van der Waals surface area contributed by atoms with Crippen LogP contribution in [0, 0.1) is 6.92 Å². The van der Waals surface area contributed by atoms with Gasteiger partial charge >= 0.3 is 0 Å². The van der Waals surface area contributed by atoms with E-state index in [4.69, 9.17) is 4.74 Å². The second-order valence-electron chi connectivity index (χ2n) is 4.71. The van der Waals surface area contributed by atoms with E-state index in [1.807, 2.05) is 6.07 Å². The normalized spacial score (nSPS) is 19.4. The molecule has 19 heavy (non-hydrogen) atoms. The fraction of sp³-hybridized carbons (Fsp3) is 0.333. The smallest absolute Gasteiger partial charge is 0.225 e. The van der Waals surface area contributed by atoms with Crippen LogP contribution in [0.4, 0.5) is 5.95 Å². The number of anilines is 1. The van der Waals surface area contributed by atoms with Crippen molar-refractivity contribution in [2.75, 3.05) is 24.6 Å². The second kappa shape index (κ2) is 5.36. The maximum Gasteiger partial charge on any atom is 0.225 e. The molecule has 1 atom stereocenters. The number of ether oxygens (including phenoxy) is 1. The first kappa shape index (κ1) is 12.1. The standard InChI is InChI=1S/C15H17N3O/c1-12-5-2-3-6-13(12)14-11-18(9-10-19-14)15-16-7-4-8-17-15/h2-8,14H,9-11H2,1H3. The summed E-state index contributed by atoms with van der Waals surface area (Å²) in [7, 11) is 0. The van der Waals surface area contributed by atoms with Crippen molar-refractivity contribution in [1.29, 1.82) is 0 Å². The lowest BCUT2D eigenvalue weighted by molar-refractivity contribution is 0.0388. The molecule has 0 aliphatic carbocycles. The molecule has 1 aromatic carbocycles. The molecule has 1 aromatic heterocycles. The number of rotatable bonds is 2. The van der Waals surface area contributed by atoms with Crippen molar-refractivity contribution in [3.8, 4) is 0 Å². The van der Waals surface area contributed by atoms with Crippen LogP contribution in [-0.4, -0.2) is 29.7 Å². The van der Waals surface area contributed by atoms with Crippen LogP contribution in [0.2, 0.25) is 0 Å². The topological polar surface area (TPSA) is 38.2 Å². The van der Waals surface area contributed by atoms with Crippen LogP contribution in [0.25, 0.3) is 0 Å². The van der Waals surface area contributed by atoms with Crippen LogP contribution in [0.3, 0.4) is 0 Å². The van der Waals surface area contributed by atoms with Gasteiger partial charge < -0.3 is 9.64 Å². The van der Waals surface area contributed by atoms with Crippen LogP contribution >= 0.6 is 0 Å². The second-order valence-corrected chi connectivity index (χ2v) is 4.71. The van der Waals surface area contributed by atoms with Crippen molar-refractivity contribution in [2.45, 2.75) is 13.0 Å². The minimum atomic E-state index is 0.0961. The van der Waals surface area contributed by atoms with Gasteiger partial charge in [-0.3, -0.25) is 0 Å². The molecule has 1 fully saturated rings. The number of hydrogen-bond donors (Lipinski definition) is 0. The molecule has 0 spiro atoms. The van der Waals surface area contributed by atoms with Crippen molar-refractivity contribution in [3.63, 3.8) is 0 Å². The highest BCUT2D eigenvalue weighted by Gasteiger charge is 2.24. The zero-order valence-corrected chi connectivity index (χ0v) is 11.0. The number of benzene rings is 1. The molecule has 2 heterocycles. The molecule has 1 unspecified atom stereocenters. The Bertz CT molecular complexity index is 544. The Hall–Kier alpha value is -1.94. The maximum absolute atomic E-state index is 5.90. The van der Waals surface area contributed by atoms with E-state index < -0.39 is 0 Å². The van der Waals surface area contributed by atoms with E-state index in [-0.39, 0.29) is 6.10 Å². The minimum Gasteiger partial charge on any atom is -0.370 e. The highest BCUT2D eigenvalue weighted by atomic mass is 16.5. The van der Waals surface area contributed by atoms with Gasteiger partial charge in [-0.15, -0.1) is 0 Å². The summed E-state index contributed by atoms with van der Waals surface area (Å²) in [5, 5.41) is 0. The van der Waals surface area contributed by atoms with Crippen molar-refractivity contribution in [3.05, 3.63) is 53.9 Å². The van der Waals surface area contributed by atoms with Gasteiger partial charge in [0.1, 0.15) is 6.10 Å². The molecule has 1 saturated heterocycles. The highest BCUT2D eigenvalue weighted by molar-refractivity contribution is 5.34. The highest BCUT2D eigenvalue weighted by Crippen LogP contribution is 2.26. The first-order valence-electron chi connectivity index (χ1n) is 6.53. The third kappa shape index (κ3) is 2.58. The van der Waals surface area contributed by atoms with Crippen LogP contribution in [0.1, 0.15) is 17.2 Å². The van der Waals surface area contributed by atoms with E-state index in [2.05, 4.69) is 46.1 Å². The Balaban J connectivity index is 1.81. The fourth-order valence-corrected chi connectivity index (χ4v) is 2.42. The molecule has 0 saturated carbocycles. The summed E-state index contributed by atoms with van der Waals surface area (Å²) in [5.41, 5.74) is 2.52. The lowest BCUT2D eigenvalue weighted by atomic mass is 10.0. The van der Waals surface area contributed by atoms with Crippen LogP contribution < -0.4 is 4.90 Å². The van der Waals surface area contributed by atoms with Gasteiger partial charge in [-0.2, -0.15) is 0 Å². The number of nitrogens with zero attached hydrogens (tertiary/aromatic N) is 3. The number of aromatic nitrogens is 2. The van der Waals surface area contributed by atoms with E-state index in [0.717, 1.165) is 19.0 Å². The van der Waals surface area contributed by atoms with Gasteiger partial charge in [-0.05, 0) is 24.1 Å². The molecular formula is C15H17N3O. The average Bonchev–Trinajstić information content (AvgIpc) is 2.49. The van der Waals surface area contributed by atoms with Gasteiger partial charge in [-0.1, -0.05) is 24.3 Å². The molecule has 1 aliphatic rings. The van der Waals surface area contributed by atoms with E-state index in [1.165, 1.54) is 11.1 Å². The predicted octanol–water partition coefficient (Wildman–Crippen LogP) is 2.36. The summed E-state index contributed by atoms with van der Waals surface area (Å²) in [4.78, 5) is 10.8. The van der Waals surface area contributed by atoms with Gasteiger partial charge in [0.05, 0.1) is 13.2 Å². The van der Waals surface area contributed by atoms with Crippen LogP contribution in [0.15, 0.2) is 42.7 Å². The van der Waals surface area contributed by atoms with Crippen molar-refractivity contribution >= 4 is 5.95 Å². The van der Waals surface area contributed by atoms with Crippen molar-refractivity contribution < 1.29 is 4.74 Å². The van der Waals surface area contributed by atoms with Gasteiger partial charge in [0.15, 0.2) is 0 Å². The molecule has 0 N–H and O–H groups in total. The molecule has 0 bridgehead atoms. The Labute approximate surface area is 113 Å². The van der Waals surface area contributed by atoms with Gasteiger partial charge in [0, 0.05) is 18.9 Å². The molecular weight excluding hydrogens is 238 g/mol. The summed E-state index contributed by atoms with van der Waals surface area (Å²) in [5.74, 6) is 0.782. The lowest BCUT2D eigenvalue weighted by Gasteiger charge is -2.33.